The Balaban J connectivity index is 1.04. The number of rotatable bonds is 4. The van der Waals surface area contributed by atoms with Gasteiger partial charge in [-0.05, 0) is 0 Å². The zero-order valence-corrected chi connectivity index (χ0v) is 33.4. The van der Waals surface area contributed by atoms with Crippen LogP contribution in [0.15, 0.2) is 200 Å². The van der Waals surface area contributed by atoms with Crippen molar-refractivity contribution in [1.29, 1.82) is 0 Å². The molecule has 4 heteroatoms. The van der Waals surface area contributed by atoms with Gasteiger partial charge in [0.2, 0.25) is 0 Å². The SMILES string of the molecule is c1ccc2c(c1)c1ccccc1n2-c1cc(-c2ccc3c(c2)-c2cc(-n4c5ccccc5c5ccccc54)ccc2[I-]3)cc(-n2c3ccccc3c3ccccc32)c1. The molecule has 0 unspecified atom stereocenters. The van der Waals surface area contributed by atoms with Crippen molar-refractivity contribution in [2.45, 2.75) is 0 Å². The number of halogens is 1. The molecule has 0 amide bonds. The van der Waals surface area contributed by atoms with E-state index in [-0.39, 0.29) is 21.2 Å². The first-order valence-electron chi connectivity index (χ1n) is 19.8. The van der Waals surface area contributed by atoms with Crippen LogP contribution >= 0.6 is 0 Å². The minimum atomic E-state index is -0.294. The van der Waals surface area contributed by atoms with Crippen molar-refractivity contribution in [3.05, 3.63) is 207 Å². The van der Waals surface area contributed by atoms with Gasteiger partial charge in [0.15, 0.2) is 0 Å². The summed E-state index contributed by atoms with van der Waals surface area (Å²) in [6.45, 7) is 0. The van der Waals surface area contributed by atoms with Crippen molar-refractivity contribution in [3.63, 3.8) is 0 Å². The van der Waals surface area contributed by atoms with Crippen molar-refractivity contribution in [2.75, 3.05) is 0 Å². The molecule has 0 atom stereocenters. The summed E-state index contributed by atoms with van der Waals surface area (Å²) in [4.78, 5) is 0. The molecule has 13 rings (SSSR count). The maximum atomic E-state index is 2.47. The molecule has 0 aliphatic carbocycles. The van der Waals surface area contributed by atoms with Crippen LogP contribution in [0.25, 0.3) is 105 Å². The first-order valence-corrected chi connectivity index (χ1v) is 22.0. The Morgan fingerprint density at radius 3 is 1.02 bits per heavy atom. The van der Waals surface area contributed by atoms with E-state index in [1.165, 1.54) is 100 Å². The van der Waals surface area contributed by atoms with Crippen LogP contribution in [0, 0.1) is 7.14 Å². The standard InChI is InChI=1S/C54H33IN3/c1-7-19-49-39(13-1)40-14-2-8-20-50(40)56(49)36-26-28-48-46(33-36)45-31-34(25-27-47(45)55-48)35-29-37(57-51-21-9-3-15-41(51)42-16-4-10-22-52(42)57)32-38(30-35)58-53-23-11-5-17-43(53)44-18-6-12-24-54(44)58/h1-33H/q-1. The zero-order chi connectivity index (χ0) is 37.9. The second-order valence-electron chi connectivity index (χ2n) is 15.3. The summed E-state index contributed by atoms with van der Waals surface area (Å²) in [5.74, 6) is 0. The summed E-state index contributed by atoms with van der Waals surface area (Å²) in [5, 5.41) is 7.63. The van der Waals surface area contributed by atoms with Crippen LogP contribution in [0.4, 0.5) is 0 Å². The molecule has 0 saturated carbocycles. The molecule has 0 radical (unpaired) electrons. The van der Waals surface area contributed by atoms with Gasteiger partial charge >= 0.3 is 347 Å². The van der Waals surface area contributed by atoms with Gasteiger partial charge in [0.05, 0.1) is 0 Å². The maximum absolute atomic E-state index is 2.47. The molecule has 0 N–H and O–H groups in total. The second-order valence-corrected chi connectivity index (χ2v) is 18.2. The van der Waals surface area contributed by atoms with E-state index in [0.29, 0.717) is 0 Å². The summed E-state index contributed by atoms with van der Waals surface area (Å²) >= 11 is -0.294. The minimum absolute atomic E-state index is 0.294. The molecule has 1 aliphatic heterocycles. The van der Waals surface area contributed by atoms with Crippen LogP contribution < -0.4 is 21.2 Å². The van der Waals surface area contributed by atoms with Gasteiger partial charge < -0.3 is 0 Å². The summed E-state index contributed by atoms with van der Waals surface area (Å²) in [6, 6.07) is 74.4. The number of benzene rings is 9. The Hall–Kier alpha value is -6.89. The molecule has 272 valence electrons. The van der Waals surface area contributed by atoms with E-state index in [1.807, 2.05) is 0 Å². The van der Waals surface area contributed by atoms with Crippen LogP contribution in [0.3, 0.4) is 0 Å². The van der Waals surface area contributed by atoms with Crippen molar-refractivity contribution in [1.82, 2.24) is 13.7 Å². The Kier molecular flexibility index (Phi) is 6.84. The van der Waals surface area contributed by atoms with Crippen molar-refractivity contribution < 1.29 is 21.2 Å². The van der Waals surface area contributed by atoms with E-state index in [0.717, 1.165) is 11.4 Å². The zero-order valence-electron chi connectivity index (χ0n) is 31.3. The molecular formula is C54H33IN3-. The van der Waals surface area contributed by atoms with Gasteiger partial charge in [-0.25, -0.2) is 0 Å². The molecular weight excluding hydrogens is 818 g/mol. The molecule has 0 saturated heterocycles. The van der Waals surface area contributed by atoms with E-state index >= 15 is 0 Å². The summed E-state index contributed by atoms with van der Waals surface area (Å²) in [6.07, 6.45) is 0. The number of para-hydroxylation sites is 6. The number of hydrogen-bond acceptors (Lipinski definition) is 0. The Morgan fingerprint density at radius 1 is 0.259 bits per heavy atom. The Morgan fingerprint density at radius 2 is 0.603 bits per heavy atom. The summed E-state index contributed by atoms with van der Waals surface area (Å²) in [7, 11) is 0. The van der Waals surface area contributed by atoms with Gasteiger partial charge in [0, 0.05) is 0 Å². The molecule has 9 aromatic carbocycles. The Labute approximate surface area is 344 Å². The molecule has 0 bridgehead atoms. The summed E-state index contributed by atoms with van der Waals surface area (Å²) < 4.78 is 10.3. The van der Waals surface area contributed by atoms with E-state index in [4.69, 9.17) is 0 Å². The molecule has 12 aromatic rings. The van der Waals surface area contributed by atoms with Gasteiger partial charge in [-0.15, -0.1) is 0 Å². The van der Waals surface area contributed by atoms with Crippen molar-refractivity contribution in [2.24, 2.45) is 0 Å². The van der Waals surface area contributed by atoms with E-state index in [1.54, 1.807) is 0 Å². The molecule has 58 heavy (non-hydrogen) atoms. The van der Waals surface area contributed by atoms with Gasteiger partial charge in [0.1, 0.15) is 0 Å². The third kappa shape index (κ3) is 4.61. The molecule has 0 spiro atoms. The fourth-order valence-corrected chi connectivity index (χ4v) is 12.5. The molecule has 3 nitrogen and oxygen atoms in total. The fraction of sp³-hybridized carbons (Fsp3) is 0. The number of hydrogen-bond donors (Lipinski definition) is 0. The van der Waals surface area contributed by atoms with Crippen LogP contribution in [0.5, 0.6) is 0 Å². The van der Waals surface area contributed by atoms with E-state index in [2.05, 4.69) is 214 Å². The average molecular weight is 851 g/mol. The normalized spacial score (nSPS) is 12.6. The predicted molar refractivity (Wildman–Crippen MR) is 238 cm³/mol. The van der Waals surface area contributed by atoms with Crippen LogP contribution in [-0.4, -0.2) is 13.7 Å². The first-order chi connectivity index (χ1) is 28.8. The molecule has 0 fully saturated rings. The molecule has 3 aromatic heterocycles. The van der Waals surface area contributed by atoms with Gasteiger partial charge in [-0.1, -0.05) is 0 Å². The van der Waals surface area contributed by atoms with Gasteiger partial charge in [-0.2, -0.15) is 0 Å². The van der Waals surface area contributed by atoms with Crippen molar-refractivity contribution >= 4 is 65.4 Å². The number of aromatic nitrogens is 3. The van der Waals surface area contributed by atoms with E-state index in [9.17, 15) is 0 Å². The van der Waals surface area contributed by atoms with E-state index < -0.39 is 0 Å². The third-order valence-corrected chi connectivity index (χ3v) is 15.2. The van der Waals surface area contributed by atoms with Crippen LogP contribution in [-0.2, 0) is 0 Å². The van der Waals surface area contributed by atoms with Crippen LogP contribution in [0.2, 0.25) is 0 Å². The average Bonchev–Trinajstić information content (AvgIpc) is 4.02. The van der Waals surface area contributed by atoms with Crippen LogP contribution in [0.1, 0.15) is 0 Å². The number of nitrogens with zero attached hydrogens (tertiary/aromatic N) is 3. The quantitative estimate of drug-likeness (QED) is 0.157. The molecule has 4 heterocycles. The monoisotopic (exact) mass is 850 g/mol. The summed E-state index contributed by atoms with van der Waals surface area (Å²) in [5.41, 5.74) is 16.0. The molecule has 1 aliphatic rings. The topological polar surface area (TPSA) is 14.8 Å². The number of fused-ring (bicyclic) bond motifs is 12. The fourth-order valence-electron chi connectivity index (χ4n) is 9.67. The third-order valence-electron chi connectivity index (χ3n) is 12.2. The van der Waals surface area contributed by atoms with Crippen molar-refractivity contribution in [3.8, 4) is 39.3 Å². The first kappa shape index (κ1) is 32.2. The second kappa shape index (κ2) is 12.3. The predicted octanol–water partition coefficient (Wildman–Crippen LogP) is 10.8. The van der Waals surface area contributed by atoms with Gasteiger partial charge in [0.25, 0.3) is 0 Å². The Bertz CT molecular complexity index is 3380. The van der Waals surface area contributed by atoms with Gasteiger partial charge in [-0.3, -0.25) is 0 Å².